The maximum Gasteiger partial charge on any atom is 0.336 e. The first-order valence-electron chi connectivity index (χ1n) is 11.0. The van der Waals surface area contributed by atoms with Gasteiger partial charge in [-0.25, -0.2) is 0 Å². The highest BCUT2D eigenvalue weighted by Gasteiger charge is 2.20. The molecule has 0 bridgehead atoms. The fourth-order valence-electron chi connectivity index (χ4n) is 3.33. The lowest BCUT2D eigenvalue weighted by atomic mass is 10.0. The molecule has 7 heteroatoms. The minimum Gasteiger partial charge on any atom is -0.497 e. The van der Waals surface area contributed by atoms with E-state index in [4.69, 9.17) is 14.2 Å². The highest BCUT2D eigenvalue weighted by molar-refractivity contribution is 5.97. The third kappa shape index (κ3) is 6.17. The molecule has 0 N–H and O–H groups in total. The highest BCUT2D eigenvalue weighted by Crippen LogP contribution is 2.24. The summed E-state index contributed by atoms with van der Waals surface area (Å²) in [5.41, 5.74) is 2.52. The predicted octanol–water partition coefficient (Wildman–Crippen LogP) is 4.79. The molecule has 2 aromatic carbocycles. The number of unbranched alkanes of at least 4 members (excludes halogenated alkanes) is 3. The Labute approximate surface area is 189 Å². The summed E-state index contributed by atoms with van der Waals surface area (Å²) < 4.78 is 17.1. The SMILES string of the molecule is CCCCCCc1ccc(C(=O)n2nc(OCCOC)nc2-c2ccc(OC)cc2)cc1. The second-order valence-electron chi connectivity index (χ2n) is 7.51. The summed E-state index contributed by atoms with van der Waals surface area (Å²) >= 11 is 0. The van der Waals surface area contributed by atoms with Gasteiger partial charge in [0.25, 0.3) is 5.91 Å². The Morgan fingerprint density at radius 1 is 0.938 bits per heavy atom. The van der Waals surface area contributed by atoms with Crippen LogP contribution >= 0.6 is 0 Å². The van der Waals surface area contributed by atoms with Gasteiger partial charge in [-0.05, 0) is 54.8 Å². The number of nitrogens with zero attached hydrogens (tertiary/aromatic N) is 3. The van der Waals surface area contributed by atoms with E-state index in [2.05, 4.69) is 17.0 Å². The molecule has 0 saturated heterocycles. The maximum absolute atomic E-state index is 13.3. The largest absolute Gasteiger partial charge is 0.497 e. The fraction of sp³-hybridized carbons (Fsp3) is 0.400. The van der Waals surface area contributed by atoms with Crippen LogP contribution in [0.15, 0.2) is 48.5 Å². The number of rotatable bonds is 12. The first kappa shape index (κ1) is 23.5. The van der Waals surface area contributed by atoms with Gasteiger partial charge >= 0.3 is 6.01 Å². The molecule has 0 unspecified atom stereocenters. The lowest BCUT2D eigenvalue weighted by Crippen LogP contribution is -2.15. The quantitative estimate of drug-likeness (QED) is 0.379. The van der Waals surface area contributed by atoms with Crippen molar-refractivity contribution in [3.8, 4) is 23.1 Å². The number of ether oxygens (including phenoxy) is 3. The van der Waals surface area contributed by atoms with Gasteiger partial charge in [-0.15, -0.1) is 5.10 Å². The van der Waals surface area contributed by atoms with Crippen molar-refractivity contribution in [3.05, 3.63) is 59.7 Å². The Balaban J connectivity index is 1.83. The van der Waals surface area contributed by atoms with Crippen LogP contribution < -0.4 is 9.47 Å². The summed E-state index contributed by atoms with van der Waals surface area (Å²) in [5, 5.41) is 4.32. The van der Waals surface area contributed by atoms with E-state index in [1.165, 1.54) is 29.5 Å². The van der Waals surface area contributed by atoms with Crippen molar-refractivity contribution < 1.29 is 19.0 Å². The number of carbonyl (C=O) groups is 1. The zero-order valence-electron chi connectivity index (χ0n) is 19.0. The van der Waals surface area contributed by atoms with Crippen molar-refractivity contribution in [1.82, 2.24) is 14.8 Å². The number of aryl methyl sites for hydroxylation is 1. The lowest BCUT2D eigenvalue weighted by Gasteiger charge is -2.07. The molecule has 0 spiro atoms. The molecule has 0 aliphatic carbocycles. The average Bonchev–Trinajstić information content (AvgIpc) is 3.26. The number of hydrogen-bond donors (Lipinski definition) is 0. The Bertz CT molecular complexity index is 981. The van der Waals surface area contributed by atoms with Crippen LogP contribution in [-0.4, -0.2) is 48.1 Å². The zero-order chi connectivity index (χ0) is 22.8. The van der Waals surface area contributed by atoms with Crippen molar-refractivity contribution in [2.45, 2.75) is 39.0 Å². The fourth-order valence-corrected chi connectivity index (χ4v) is 3.33. The molecular weight excluding hydrogens is 406 g/mol. The normalized spacial score (nSPS) is 10.8. The van der Waals surface area contributed by atoms with E-state index < -0.39 is 0 Å². The van der Waals surface area contributed by atoms with Crippen LogP contribution in [0.5, 0.6) is 11.8 Å². The standard InChI is InChI=1S/C25H31N3O4/c1-4-5-6-7-8-19-9-11-21(12-10-19)24(29)28-23(20-13-15-22(31-3)16-14-20)26-25(27-28)32-18-17-30-2/h9-16H,4-8,17-18H2,1-3H3. The van der Waals surface area contributed by atoms with Crippen molar-refractivity contribution >= 4 is 5.91 Å². The summed E-state index contributed by atoms with van der Waals surface area (Å²) in [6.07, 6.45) is 5.89. The molecule has 0 radical (unpaired) electrons. The van der Waals surface area contributed by atoms with Crippen molar-refractivity contribution in [2.24, 2.45) is 0 Å². The summed E-state index contributed by atoms with van der Waals surface area (Å²) in [4.78, 5) is 17.7. The van der Waals surface area contributed by atoms with E-state index >= 15 is 0 Å². The number of benzene rings is 2. The van der Waals surface area contributed by atoms with E-state index in [0.29, 0.717) is 24.6 Å². The Kier molecular flexibility index (Phi) is 8.80. The Morgan fingerprint density at radius 2 is 1.69 bits per heavy atom. The smallest absolute Gasteiger partial charge is 0.336 e. The molecular formula is C25H31N3O4. The zero-order valence-corrected chi connectivity index (χ0v) is 19.0. The van der Waals surface area contributed by atoms with Gasteiger partial charge in [0, 0.05) is 18.2 Å². The van der Waals surface area contributed by atoms with Crippen LogP contribution in [0.1, 0.15) is 48.5 Å². The van der Waals surface area contributed by atoms with E-state index in [1.807, 2.05) is 48.5 Å². The lowest BCUT2D eigenvalue weighted by molar-refractivity contribution is 0.0943. The first-order valence-corrected chi connectivity index (χ1v) is 11.0. The van der Waals surface area contributed by atoms with Gasteiger partial charge in [-0.2, -0.15) is 9.67 Å². The number of aromatic nitrogens is 3. The summed E-state index contributed by atoms with van der Waals surface area (Å²) in [6.45, 7) is 2.91. The van der Waals surface area contributed by atoms with Gasteiger partial charge in [0.2, 0.25) is 0 Å². The Morgan fingerprint density at radius 3 is 2.34 bits per heavy atom. The summed E-state index contributed by atoms with van der Waals surface area (Å²) in [5.74, 6) is 0.869. The molecule has 1 heterocycles. The van der Waals surface area contributed by atoms with Crippen molar-refractivity contribution in [1.29, 1.82) is 0 Å². The third-order valence-corrected chi connectivity index (χ3v) is 5.17. The van der Waals surface area contributed by atoms with E-state index in [-0.39, 0.29) is 11.9 Å². The van der Waals surface area contributed by atoms with Crippen LogP contribution in [0.4, 0.5) is 0 Å². The first-order chi connectivity index (χ1) is 15.7. The molecule has 170 valence electrons. The summed E-state index contributed by atoms with van der Waals surface area (Å²) in [6, 6.07) is 15.2. The molecule has 0 fully saturated rings. The number of hydrogen-bond acceptors (Lipinski definition) is 6. The maximum atomic E-state index is 13.3. The van der Waals surface area contributed by atoms with Gasteiger partial charge in [0.05, 0.1) is 13.7 Å². The molecule has 32 heavy (non-hydrogen) atoms. The van der Waals surface area contributed by atoms with Gasteiger partial charge in [0.15, 0.2) is 5.82 Å². The van der Waals surface area contributed by atoms with Gasteiger partial charge in [-0.1, -0.05) is 38.3 Å². The number of methoxy groups -OCH3 is 2. The second kappa shape index (κ2) is 12.0. The molecule has 1 aromatic heterocycles. The van der Waals surface area contributed by atoms with Gasteiger partial charge in [0.1, 0.15) is 12.4 Å². The molecule has 0 aliphatic rings. The molecule has 3 rings (SSSR count). The van der Waals surface area contributed by atoms with Gasteiger partial charge < -0.3 is 14.2 Å². The highest BCUT2D eigenvalue weighted by atomic mass is 16.5. The Hall–Kier alpha value is -3.19. The third-order valence-electron chi connectivity index (χ3n) is 5.17. The second-order valence-corrected chi connectivity index (χ2v) is 7.51. The summed E-state index contributed by atoms with van der Waals surface area (Å²) in [7, 11) is 3.20. The molecule has 0 amide bonds. The molecule has 3 aromatic rings. The number of carbonyl (C=O) groups excluding carboxylic acids is 1. The van der Waals surface area contributed by atoms with Crippen LogP contribution in [0, 0.1) is 0 Å². The minimum absolute atomic E-state index is 0.133. The van der Waals surface area contributed by atoms with E-state index in [1.54, 1.807) is 14.2 Å². The van der Waals surface area contributed by atoms with E-state index in [0.717, 1.165) is 24.2 Å². The molecule has 0 saturated carbocycles. The van der Waals surface area contributed by atoms with Crippen LogP contribution in [0.3, 0.4) is 0 Å². The molecule has 7 nitrogen and oxygen atoms in total. The van der Waals surface area contributed by atoms with Crippen molar-refractivity contribution in [2.75, 3.05) is 27.4 Å². The van der Waals surface area contributed by atoms with Gasteiger partial charge in [-0.3, -0.25) is 4.79 Å². The van der Waals surface area contributed by atoms with Crippen LogP contribution in [0.2, 0.25) is 0 Å². The monoisotopic (exact) mass is 437 g/mol. The van der Waals surface area contributed by atoms with Crippen molar-refractivity contribution in [3.63, 3.8) is 0 Å². The molecule has 0 atom stereocenters. The average molecular weight is 438 g/mol. The van der Waals surface area contributed by atoms with Crippen LogP contribution in [0.25, 0.3) is 11.4 Å². The van der Waals surface area contributed by atoms with Crippen LogP contribution in [-0.2, 0) is 11.2 Å². The predicted molar refractivity (Wildman–Crippen MR) is 123 cm³/mol. The molecule has 0 aliphatic heterocycles. The topological polar surface area (TPSA) is 75.5 Å². The van der Waals surface area contributed by atoms with E-state index in [9.17, 15) is 4.79 Å². The minimum atomic E-state index is -0.262.